The maximum absolute atomic E-state index is 12.6. The van der Waals surface area contributed by atoms with Gasteiger partial charge in [-0.3, -0.25) is 0 Å². The van der Waals surface area contributed by atoms with Gasteiger partial charge in [0.1, 0.15) is 0 Å². The fourth-order valence-electron chi connectivity index (χ4n) is 1.88. The Kier molecular flexibility index (Phi) is 5.37. The quantitative estimate of drug-likeness (QED) is 0.681. The van der Waals surface area contributed by atoms with Crippen molar-refractivity contribution in [2.75, 3.05) is 26.2 Å². The highest BCUT2D eigenvalue weighted by Crippen LogP contribution is 2.15. The van der Waals surface area contributed by atoms with Gasteiger partial charge in [0.15, 0.2) is 6.36 Å². The summed E-state index contributed by atoms with van der Waals surface area (Å²) in [5, 5.41) is 10.3. The van der Waals surface area contributed by atoms with Crippen LogP contribution >= 0.6 is 0 Å². The second kappa shape index (κ2) is 6.32. The van der Waals surface area contributed by atoms with Crippen LogP contribution in [0.1, 0.15) is 26.2 Å². The normalized spacial score (nSPS) is 26.4. The molecule has 0 amide bonds. The lowest BCUT2D eigenvalue weighted by Crippen LogP contribution is -2.41. The summed E-state index contributed by atoms with van der Waals surface area (Å²) in [5.74, 6) is 0. The fourth-order valence-corrected chi connectivity index (χ4v) is 1.88. The lowest BCUT2D eigenvalue weighted by Gasteiger charge is -2.32. The molecule has 1 heterocycles. The van der Waals surface area contributed by atoms with Crippen LogP contribution in [0.2, 0.25) is 0 Å². The third kappa shape index (κ3) is 4.35. The average Bonchev–Trinajstić information content (AvgIpc) is 2.14. The molecule has 0 spiro atoms. The van der Waals surface area contributed by atoms with Crippen molar-refractivity contribution in [3.63, 3.8) is 0 Å². The molecule has 1 saturated heterocycles. The van der Waals surface area contributed by atoms with Crippen LogP contribution in [0.3, 0.4) is 0 Å². The summed E-state index contributed by atoms with van der Waals surface area (Å²) in [5.41, 5.74) is 0. The zero-order valence-electron chi connectivity index (χ0n) is 8.75. The van der Waals surface area contributed by atoms with Gasteiger partial charge in [-0.2, -0.15) is 0 Å². The molecule has 1 radical (unpaired) electrons. The van der Waals surface area contributed by atoms with Crippen molar-refractivity contribution in [2.45, 2.75) is 38.6 Å². The molecule has 4 heteroatoms. The van der Waals surface area contributed by atoms with Crippen molar-refractivity contribution in [2.24, 2.45) is 0 Å². The van der Waals surface area contributed by atoms with E-state index in [0.29, 0.717) is 6.42 Å². The predicted octanol–water partition coefficient (Wildman–Crippen LogP) is 1.60. The molecule has 0 N–H and O–H groups in total. The van der Waals surface area contributed by atoms with Gasteiger partial charge >= 0.3 is 0 Å². The number of halogens is 1. The van der Waals surface area contributed by atoms with Crippen LogP contribution in [0.4, 0.5) is 4.39 Å². The van der Waals surface area contributed by atoms with E-state index in [2.05, 4.69) is 4.90 Å². The molecule has 0 aliphatic carbocycles. The van der Waals surface area contributed by atoms with Crippen molar-refractivity contribution in [1.29, 1.82) is 0 Å². The predicted molar refractivity (Wildman–Crippen MR) is 51.3 cm³/mol. The molecule has 1 rings (SSSR count). The van der Waals surface area contributed by atoms with Crippen molar-refractivity contribution in [1.82, 2.24) is 4.90 Å². The Labute approximate surface area is 84.9 Å². The minimum absolute atomic E-state index is 0.00963. The highest BCUT2D eigenvalue weighted by molar-refractivity contribution is 4.73. The zero-order valence-corrected chi connectivity index (χ0v) is 8.75. The second-order valence-corrected chi connectivity index (χ2v) is 3.80. The van der Waals surface area contributed by atoms with Crippen LogP contribution in [0, 0.1) is 0 Å². The Bertz CT molecular complexity index is 155. The van der Waals surface area contributed by atoms with Crippen LogP contribution in [-0.2, 0) is 9.84 Å². The van der Waals surface area contributed by atoms with Crippen molar-refractivity contribution in [3.05, 3.63) is 0 Å². The molecule has 1 fully saturated rings. The summed E-state index contributed by atoms with van der Waals surface area (Å²) >= 11 is 0. The van der Waals surface area contributed by atoms with E-state index in [1.54, 1.807) is 0 Å². The molecule has 14 heavy (non-hydrogen) atoms. The molecular weight excluding hydrogens is 185 g/mol. The van der Waals surface area contributed by atoms with Crippen LogP contribution in [0.25, 0.3) is 0 Å². The SMILES string of the molecule is CC(F)OC1CCCN(CCC[O])C1. The third-order valence-corrected chi connectivity index (χ3v) is 2.46. The minimum Gasteiger partial charge on any atom is -0.344 e. The van der Waals surface area contributed by atoms with Crippen molar-refractivity contribution >= 4 is 0 Å². The van der Waals surface area contributed by atoms with E-state index in [-0.39, 0.29) is 12.7 Å². The van der Waals surface area contributed by atoms with Gasteiger partial charge in [-0.1, -0.05) is 0 Å². The Morgan fingerprint density at radius 1 is 1.64 bits per heavy atom. The van der Waals surface area contributed by atoms with Crippen LogP contribution in [-0.4, -0.2) is 43.6 Å². The highest BCUT2D eigenvalue weighted by atomic mass is 19.1. The minimum atomic E-state index is -1.18. The maximum atomic E-state index is 12.6. The number of hydrogen-bond acceptors (Lipinski definition) is 2. The van der Waals surface area contributed by atoms with E-state index < -0.39 is 6.36 Å². The van der Waals surface area contributed by atoms with E-state index in [4.69, 9.17) is 4.74 Å². The average molecular weight is 204 g/mol. The molecular formula is C10H19FNO2. The maximum Gasteiger partial charge on any atom is 0.196 e. The first-order valence-electron chi connectivity index (χ1n) is 5.32. The van der Waals surface area contributed by atoms with E-state index in [0.717, 1.165) is 32.5 Å². The van der Waals surface area contributed by atoms with E-state index >= 15 is 0 Å². The smallest absolute Gasteiger partial charge is 0.196 e. The molecule has 2 atom stereocenters. The largest absolute Gasteiger partial charge is 0.344 e. The zero-order chi connectivity index (χ0) is 10.4. The molecule has 0 saturated carbocycles. The van der Waals surface area contributed by atoms with Crippen molar-refractivity contribution < 1.29 is 14.2 Å². The number of ether oxygens (including phenoxy) is 1. The first-order chi connectivity index (χ1) is 6.72. The summed E-state index contributed by atoms with van der Waals surface area (Å²) in [7, 11) is 0. The van der Waals surface area contributed by atoms with Gasteiger partial charge in [0.2, 0.25) is 0 Å². The molecule has 1 aliphatic heterocycles. The molecule has 2 unspecified atom stereocenters. The Morgan fingerprint density at radius 2 is 2.43 bits per heavy atom. The summed E-state index contributed by atoms with van der Waals surface area (Å²) < 4.78 is 17.7. The molecule has 0 bridgehead atoms. The second-order valence-electron chi connectivity index (χ2n) is 3.80. The molecule has 0 aromatic rings. The number of nitrogens with zero attached hydrogens (tertiary/aromatic N) is 1. The number of likely N-dealkylation sites (tertiary alicyclic amines) is 1. The van der Waals surface area contributed by atoms with Crippen LogP contribution in [0.5, 0.6) is 0 Å². The van der Waals surface area contributed by atoms with Crippen LogP contribution < -0.4 is 0 Å². The number of hydrogen-bond donors (Lipinski definition) is 0. The Balaban J connectivity index is 2.21. The Morgan fingerprint density at radius 3 is 3.07 bits per heavy atom. The van der Waals surface area contributed by atoms with Gasteiger partial charge in [0.25, 0.3) is 0 Å². The first-order valence-corrected chi connectivity index (χ1v) is 5.32. The first kappa shape index (κ1) is 11.9. The van der Waals surface area contributed by atoms with Gasteiger partial charge < -0.3 is 9.64 Å². The topological polar surface area (TPSA) is 32.4 Å². The van der Waals surface area contributed by atoms with Gasteiger partial charge in [-0.15, -0.1) is 0 Å². The molecule has 3 nitrogen and oxygen atoms in total. The lowest BCUT2D eigenvalue weighted by molar-refractivity contribution is -0.0967. The highest BCUT2D eigenvalue weighted by Gasteiger charge is 2.21. The molecule has 83 valence electrons. The number of alkyl halides is 1. The molecule has 1 aliphatic rings. The van der Waals surface area contributed by atoms with E-state index in [1.165, 1.54) is 6.92 Å². The van der Waals surface area contributed by atoms with Gasteiger partial charge in [0.05, 0.1) is 12.7 Å². The summed E-state index contributed by atoms with van der Waals surface area (Å²) in [6, 6.07) is 0. The lowest BCUT2D eigenvalue weighted by atomic mass is 10.1. The van der Waals surface area contributed by atoms with Gasteiger partial charge in [0, 0.05) is 13.1 Å². The van der Waals surface area contributed by atoms with Crippen LogP contribution in [0.15, 0.2) is 0 Å². The Hall–Kier alpha value is -0.190. The summed E-state index contributed by atoms with van der Waals surface area (Å²) in [4.78, 5) is 2.19. The van der Waals surface area contributed by atoms with Gasteiger partial charge in [-0.05, 0) is 32.7 Å². The monoisotopic (exact) mass is 204 g/mol. The number of rotatable bonds is 5. The standard InChI is InChI=1S/C10H19FNO2/c1-9(11)14-10-4-2-5-12(8-10)6-3-7-13/h9-10H,2-8H2,1H3. The summed E-state index contributed by atoms with van der Waals surface area (Å²) in [6.45, 7) is 4.00. The van der Waals surface area contributed by atoms with E-state index in [9.17, 15) is 9.50 Å². The van der Waals surface area contributed by atoms with Gasteiger partial charge in [-0.25, -0.2) is 9.50 Å². The van der Waals surface area contributed by atoms with Crippen molar-refractivity contribution in [3.8, 4) is 0 Å². The number of piperidine rings is 1. The van der Waals surface area contributed by atoms with E-state index in [1.807, 2.05) is 0 Å². The summed E-state index contributed by atoms with van der Waals surface area (Å²) in [6.07, 6.45) is 1.48. The molecule has 0 aromatic heterocycles. The third-order valence-electron chi connectivity index (χ3n) is 2.46. The molecule has 0 aromatic carbocycles. The fraction of sp³-hybridized carbons (Fsp3) is 1.00.